The highest BCUT2D eigenvalue weighted by molar-refractivity contribution is 5.84. The van der Waals surface area contributed by atoms with E-state index in [4.69, 9.17) is 5.11 Å². The van der Waals surface area contributed by atoms with Gasteiger partial charge in [0.25, 0.3) is 0 Å². The Bertz CT molecular complexity index is 191. The van der Waals surface area contributed by atoms with Crippen LogP contribution in [0.5, 0.6) is 0 Å². The molecule has 0 aliphatic rings. The highest BCUT2D eigenvalue weighted by Crippen LogP contribution is 1.81. The zero-order valence-electron chi connectivity index (χ0n) is 8.58. The van der Waals surface area contributed by atoms with E-state index >= 15 is 0 Å². The molecule has 0 amide bonds. The molecule has 14 heavy (non-hydrogen) atoms. The molecular formula is C10H16O4. The van der Waals surface area contributed by atoms with Gasteiger partial charge in [0.1, 0.15) is 0 Å². The minimum atomic E-state index is -0.935. The molecule has 1 N–H and O–H groups in total. The van der Waals surface area contributed by atoms with Crippen molar-refractivity contribution < 1.29 is 19.4 Å². The lowest BCUT2D eigenvalue weighted by Crippen LogP contribution is -1.92. The van der Waals surface area contributed by atoms with E-state index in [1.807, 2.05) is 0 Å². The maximum Gasteiger partial charge on any atom is 0.330 e. The summed E-state index contributed by atoms with van der Waals surface area (Å²) in [5.41, 5.74) is 0.176. The van der Waals surface area contributed by atoms with Crippen molar-refractivity contribution in [3.05, 3.63) is 38.0 Å². The average molecular weight is 200 g/mol. The van der Waals surface area contributed by atoms with Crippen LogP contribution in [0, 0.1) is 0 Å². The molecule has 80 valence electrons. The third kappa shape index (κ3) is 22.5. The number of rotatable bonds is 2. The van der Waals surface area contributed by atoms with E-state index in [1.54, 1.807) is 0 Å². The first-order valence-electron chi connectivity index (χ1n) is 3.54. The Hall–Kier alpha value is -1.84. The van der Waals surface area contributed by atoms with Gasteiger partial charge in [0.2, 0.25) is 0 Å². The van der Waals surface area contributed by atoms with E-state index in [0.29, 0.717) is 0 Å². The lowest BCUT2D eigenvalue weighted by atomic mass is 10.4. The van der Waals surface area contributed by atoms with Gasteiger partial charge >= 0.3 is 11.9 Å². The summed E-state index contributed by atoms with van der Waals surface area (Å²) >= 11 is 0. The van der Waals surface area contributed by atoms with Crippen LogP contribution in [-0.4, -0.2) is 24.2 Å². The highest BCUT2D eigenvalue weighted by atomic mass is 16.5. The maximum atomic E-state index is 9.84. The quantitative estimate of drug-likeness (QED) is 0.419. The first-order valence-corrected chi connectivity index (χ1v) is 3.54. The van der Waals surface area contributed by atoms with Gasteiger partial charge in [-0.2, -0.15) is 0 Å². The standard InChI is InChI=1S/2C4H6O2.C2H4/c1-3-4(5)6-2;1-3(2)4(5)6;1-2/h3H,1H2,2H3;1H2,2H3,(H,5,6);1-2H2. The van der Waals surface area contributed by atoms with Gasteiger partial charge < -0.3 is 9.84 Å². The fraction of sp³-hybridized carbons (Fsp3) is 0.200. The van der Waals surface area contributed by atoms with Crippen molar-refractivity contribution in [2.45, 2.75) is 6.92 Å². The van der Waals surface area contributed by atoms with Crippen LogP contribution >= 0.6 is 0 Å². The molecule has 0 radical (unpaired) electrons. The number of methoxy groups -OCH3 is 1. The summed E-state index contributed by atoms with van der Waals surface area (Å²) in [5, 5.41) is 7.89. The molecule has 0 aliphatic carbocycles. The molecule has 0 aromatic rings. The Morgan fingerprint density at radius 3 is 1.64 bits per heavy atom. The van der Waals surface area contributed by atoms with Gasteiger partial charge in [0, 0.05) is 11.6 Å². The molecule has 0 saturated carbocycles. The summed E-state index contributed by atoms with van der Waals surface area (Å²) in [6.45, 7) is 13.8. The summed E-state index contributed by atoms with van der Waals surface area (Å²) in [6, 6.07) is 0. The molecule has 0 fully saturated rings. The largest absolute Gasteiger partial charge is 0.478 e. The summed E-state index contributed by atoms with van der Waals surface area (Å²) in [6.07, 6.45) is 1.11. The molecule has 4 nitrogen and oxygen atoms in total. The highest BCUT2D eigenvalue weighted by Gasteiger charge is 1.90. The van der Waals surface area contributed by atoms with E-state index in [2.05, 4.69) is 31.1 Å². The van der Waals surface area contributed by atoms with Crippen LogP contribution in [0.4, 0.5) is 0 Å². The number of hydrogen-bond acceptors (Lipinski definition) is 3. The van der Waals surface area contributed by atoms with Crippen LogP contribution in [-0.2, 0) is 14.3 Å². The van der Waals surface area contributed by atoms with Gasteiger partial charge in [-0.1, -0.05) is 13.2 Å². The molecule has 0 aromatic heterocycles. The Kier molecular flexibility index (Phi) is 17.7. The van der Waals surface area contributed by atoms with Crippen molar-refractivity contribution in [2.75, 3.05) is 7.11 Å². The van der Waals surface area contributed by atoms with Gasteiger partial charge in [0.05, 0.1) is 7.11 Å². The predicted molar refractivity (Wildman–Crippen MR) is 55.9 cm³/mol. The van der Waals surface area contributed by atoms with Crippen molar-refractivity contribution in [1.29, 1.82) is 0 Å². The topological polar surface area (TPSA) is 63.6 Å². The Morgan fingerprint density at radius 2 is 1.64 bits per heavy atom. The van der Waals surface area contributed by atoms with Crippen molar-refractivity contribution in [3.63, 3.8) is 0 Å². The van der Waals surface area contributed by atoms with Gasteiger partial charge in [-0.05, 0) is 6.92 Å². The number of carboxylic acid groups (broad SMARTS) is 1. The van der Waals surface area contributed by atoms with Crippen LogP contribution in [0.25, 0.3) is 0 Å². The van der Waals surface area contributed by atoms with E-state index < -0.39 is 11.9 Å². The van der Waals surface area contributed by atoms with E-state index in [-0.39, 0.29) is 5.57 Å². The fourth-order valence-electron chi connectivity index (χ4n) is 0.0833. The minimum Gasteiger partial charge on any atom is -0.478 e. The molecule has 0 unspecified atom stereocenters. The van der Waals surface area contributed by atoms with Gasteiger partial charge in [-0.3, -0.25) is 0 Å². The summed E-state index contributed by atoms with van der Waals surface area (Å²) in [5.74, 6) is -1.33. The lowest BCUT2D eigenvalue weighted by Gasteiger charge is -1.83. The molecular weight excluding hydrogens is 184 g/mol. The van der Waals surface area contributed by atoms with Crippen LogP contribution in [0.15, 0.2) is 38.0 Å². The van der Waals surface area contributed by atoms with Gasteiger partial charge in [0.15, 0.2) is 0 Å². The predicted octanol–water partition coefficient (Wildman–Crippen LogP) is 1.79. The number of carbonyl (C=O) groups excluding carboxylic acids is 1. The van der Waals surface area contributed by atoms with Crippen LogP contribution in [0.1, 0.15) is 6.92 Å². The summed E-state index contributed by atoms with van der Waals surface area (Å²) in [4.78, 5) is 19.4. The van der Waals surface area contributed by atoms with Crippen LogP contribution in [0.2, 0.25) is 0 Å². The first kappa shape index (κ1) is 18.0. The van der Waals surface area contributed by atoms with Crippen molar-refractivity contribution in [1.82, 2.24) is 0 Å². The molecule has 0 aliphatic heterocycles. The van der Waals surface area contributed by atoms with Gasteiger partial charge in [-0.25, -0.2) is 9.59 Å². The smallest absolute Gasteiger partial charge is 0.330 e. The molecule has 0 bridgehead atoms. The van der Waals surface area contributed by atoms with Crippen molar-refractivity contribution in [3.8, 4) is 0 Å². The molecule has 0 rings (SSSR count). The molecule has 0 spiro atoms. The first-order chi connectivity index (χ1) is 6.45. The third-order valence-corrected chi connectivity index (χ3v) is 0.733. The third-order valence-electron chi connectivity index (χ3n) is 0.733. The van der Waals surface area contributed by atoms with Crippen molar-refractivity contribution in [2.24, 2.45) is 0 Å². The zero-order valence-corrected chi connectivity index (χ0v) is 8.58. The molecule has 4 heteroatoms. The maximum absolute atomic E-state index is 9.84. The van der Waals surface area contributed by atoms with E-state index in [1.165, 1.54) is 14.0 Å². The number of esters is 1. The molecule has 0 saturated heterocycles. The minimum absolute atomic E-state index is 0.176. The number of carboxylic acids is 1. The second-order valence-corrected chi connectivity index (χ2v) is 1.81. The molecule has 0 atom stereocenters. The number of carbonyl (C=O) groups is 2. The van der Waals surface area contributed by atoms with Crippen molar-refractivity contribution >= 4 is 11.9 Å². The summed E-state index contributed by atoms with van der Waals surface area (Å²) in [7, 11) is 1.31. The van der Waals surface area contributed by atoms with Crippen LogP contribution in [0.3, 0.4) is 0 Å². The van der Waals surface area contributed by atoms with Gasteiger partial charge in [-0.15, -0.1) is 13.2 Å². The Morgan fingerprint density at radius 1 is 1.36 bits per heavy atom. The molecule has 0 heterocycles. The number of aliphatic carboxylic acids is 1. The average Bonchev–Trinajstić information content (AvgIpc) is 2.20. The SMILES string of the molecule is C=C.C=C(C)C(=O)O.C=CC(=O)OC. The molecule has 0 aromatic carbocycles. The second kappa shape index (κ2) is 13.7. The lowest BCUT2D eigenvalue weighted by molar-refractivity contribution is -0.135. The zero-order chi connectivity index (χ0) is 12.1. The van der Waals surface area contributed by atoms with E-state index in [0.717, 1.165) is 6.08 Å². The van der Waals surface area contributed by atoms with E-state index in [9.17, 15) is 9.59 Å². The number of ether oxygens (including phenoxy) is 1. The number of hydrogen-bond donors (Lipinski definition) is 1. The second-order valence-electron chi connectivity index (χ2n) is 1.81. The summed E-state index contributed by atoms with van der Waals surface area (Å²) < 4.78 is 4.14. The normalized spacial score (nSPS) is 6.43. The monoisotopic (exact) mass is 200 g/mol. The fourth-order valence-corrected chi connectivity index (χ4v) is 0.0833. The Labute approximate surface area is 84.2 Å². The Balaban J connectivity index is -0.000000147. The van der Waals surface area contributed by atoms with Crippen LogP contribution < -0.4 is 0 Å².